The van der Waals surface area contributed by atoms with Crippen molar-refractivity contribution in [3.8, 4) is 5.75 Å². The molecule has 1 aliphatic rings. The predicted octanol–water partition coefficient (Wildman–Crippen LogP) is 3.24. The molecule has 1 fully saturated rings. The van der Waals surface area contributed by atoms with E-state index in [0.29, 0.717) is 5.92 Å². The zero-order chi connectivity index (χ0) is 14.7. The van der Waals surface area contributed by atoms with Crippen molar-refractivity contribution in [3.05, 3.63) is 29.8 Å². The number of carbonyl (C=O) groups excluding carboxylic acids is 1. The number of rotatable bonds is 2. The van der Waals surface area contributed by atoms with Crippen LogP contribution in [0.3, 0.4) is 0 Å². The van der Waals surface area contributed by atoms with Crippen LogP contribution in [0.5, 0.6) is 5.75 Å². The number of amides is 2. The van der Waals surface area contributed by atoms with Gasteiger partial charge in [-0.15, -0.1) is 0 Å². The summed E-state index contributed by atoms with van der Waals surface area (Å²) in [6.07, 6.45) is 2.27. The number of hydrogen-bond acceptors (Lipinski definition) is 2. The fraction of sp³-hybridized carbons (Fsp3) is 0.562. The summed E-state index contributed by atoms with van der Waals surface area (Å²) < 4.78 is 0. The molecular formula is C16H24N2O2. The van der Waals surface area contributed by atoms with Gasteiger partial charge >= 0.3 is 6.03 Å². The van der Waals surface area contributed by atoms with Crippen molar-refractivity contribution < 1.29 is 9.90 Å². The van der Waals surface area contributed by atoms with Gasteiger partial charge in [-0.3, -0.25) is 0 Å². The van der Waals surface area contributed by atoms with E-state index < -0.39 is 0 Å². The second kappa shape index (κ2) is 6.16. The van der Waals surface area contributed by atoms with Crippen molar-refractivity contribution >= 4 is 6.03 Å². The summed E-state index contributed by atoms with van der Waals surface area (Å²) in [5.41, 5.74) is 0.786. The van der Waals surface area contributed by atoms with Crippen LogP contribution in [0.25, 0.3) is 0 Å². The Kier molecular flexibility index (Phi) is 4.53. The number of phenolic OH excluding ortho intramolecular Hbond substituents is 1. The number of piperidine rings is 1. The highest BCUT2D eigenvalue weighted by Gasteiger charge is 2.27. The van der Waals surface area contributed by atoms with Gasteiger partial charge in [0.25, 0.3) is 0 Å². The lowest BCUT2D eigenvalue weighted by atomic mass is 10.0. The number of likely N-dealkylation sites (tertiary alicyclic amines) is 1. The van der Waals surface area contributed by atoms with Crippen molar-refractivity contribution in [2.24, 2.45) is 5.92 Å². The van der Waals surface area contributed by atoms with E-state index in [2.05, 4.69) is 6.92 Å². The monoisotopic (exact) mass is 276 g/mol. The van der Waals surface area contributed by atoms with Crippen molar-refractivity contribution in [3.63, 3.8) is 0 Å². The highest BCUT2D eigenvalue weighted by molar-refractivity contribution is 5.75. The van der Waals surface area contributed by atoms with E-state index in [1.165, 1.54) is 6.42 Å². The number of benzene rings is 1. The molecule has 2 amide bonds. The van der Waals surface area contributed by atoms with Crippen LogP contribution >= 0.6 is 0 Å². The molecule has 0 spiro atoms. The molecular weight excluding hydrogens is 252 g/mol. The summed E-state index contributed by atoms with van der Waals surface area (Å²) >= 11 is 0. The van der Waals surface area contributed by atoms with Crippen LogP contribution in [-0.4, -0.2) is 41.1 Å². The van der Waals surface area contributed by atoms with E-state index in [1.54, 1.807) is 24.1 Å². The predicted molar refractivity (Wildman–Crippen MR) is 79.7 cm³/mol. The summed E-state index contributed by atoms with van der Waals surface area (Å²) in [5.74, 6) is 0.813. The Balaban J connectivity index is 2.08. The van der Waals surface area contributed by atoms with Gasteiger partial charge in [-0.25, -0.2) is 4.79 Å². The Morgan fingerprint density at radius 2 is 2.15 bits per heavy atom. The van der Waals surface area contributed by atoms with Crippen molar-refractivity contribution in [1.82, 2.24) is 9.80 Å². The maximum absolute atomic E-state index is 12.5. The second-order valence-corrected chi connectivity index (χ2v) is 5.82. The average molecular weight is 276 g/mol. The molecule has 0 aliphatic carbocycles. The Labute approximate surface area is 121 Å². The molecule has 2 atom stereocenters. The van der Waals surface area contributed by atoms with E-state index in [0.717, 1.165) is 25.1 Å². The first-order valence-corrected chi connectivity index (χ1v) is 7.30. The quantitative estimate of drug-likeness (QED) is 0.901. The molecule has 1 aliphatic heterocycles. The Hall–Kier alpha value is -1.71. The Morgan fingerprint density at radius 1 is 1.45 bits per heavy atom. The van der Waals surface area contributed by atoms with Gasteiger partial charge in [0.1, 0.15) is 5.75 Å². The normalized spacial score (nSPS) is 20.6. The molecule has 4 nitrogen and oxygen atoms in total. The minimum atomic E-state index is -0.138. The molecule has 20 heavy (non-hydrogen) atoms. The minimum absolute atomic E-state index is 0.0484. The lowest BCUT2D eigenvalue weighted by Crippen LogP contribution is -2.46. The van der Waals surface area contributed by atoms with E-state index >= 15 is 0 Å². The van der Waals surface area contributed by atoms with Crippen LogP contribution < -0.4 is 0 Å². The van der Waals surface area contributed by atoms with Crippen molar-refractivity contribution in [1.29, 1.82) is 0 Å². The third kappa shape index (κ3) is 3.06. The summed E-state index contributed by atoms with van der Waals surface area (Å²) in [6, 6.07) is 7.11. The van der Waals surface area contributed by atoms with Gasteiger partial charge in [-0.2, -0.15) is 0 Å². The smallest absolute Gasteiger partial charge is 0.320 e. The van der Waals surface area contributed by atoms with E-state index in [-0.39, 0.29) is 17.8 Å². The van der Waals surface area contributed by atoms with Gasteiger partial charge in [0.05, 0.1) is 6.04 Å². The lowest BCUT2D eigenvalue weighted by molar-refractivity contribution is 0.128. The third-order valence-corrected chi connectivity index (χ3v) is 4.20. The molecule has 0 radical (unpaired) electrons. The first-order valence-electron chi connectivity index (χ1n) is 7.30. The lowest BCUT2D eigenvalue weighted by Gasteiger charge is -2.36. The molecule has 2 unspecified atom stereocenters. The maximum Gasteiger partial charge on any atom is 0.320 e. The average Bonchev–Trinajstić information content (AvgIpc) is 2.45. The number of urea groups is 1. The van der Waals surface area contributed by atoms with Gasteiger partial charge < -0.3 is 14.9 Å². The standard InChI is InChI=1S/C16H24N2O2/c1-12-7-6-10-18(11-12)16(20)17(3)13(2)14-8-4-5-9-15(14)19/h4-5,8-9,12-13,19H,6-7,10-11H2,1-3H3. The molecule has 0 saturated carbocycles. The Morgan fingerprint density at radius 3 is 2.80 bits per heavy atom. The number of phenols is 1. The molecule has 1 saturated heterocycles. The van der Waals surface area contributed by atoms with Crippen LogP contribution in [0.15, 0.2) is 24.3 Å². The molecule has 1 aromatic carbocycles. The van der Waals surface area contributed by atoms with Crippen LogP contribution in [-0.2, 0) is 0 Å². The molecule has 110 valence electrons. The fourth-order valence-electron chi connectivity index (χ4n) is 2.80. The topological polar surface area (TPSA) is 43.8 Å². The molecule has 2 rings (SSSR count). The first-order chi connectivity index (χ1) is 9.50. The van der Waals surface area contributed by atoms with Gasteiger partial charge in [0.15, 0.2) is 0 Å². The summed E-state index contributed by atoms with van der Waals surface area (Å²) in [7, 11) is 1.80. The molecule has 0 bridgehead atoms. The van der Waals surface area contributed by atoms with Gasteiger partial charge in [-0.05, 0) is 31.7 Å². The maximum atomic E-state index is 12.5. The number of para-hydroxylation sites is 1. The SMILES string of the molecule is CC1CCCN(C(=O)N(C)C(C)c2ccccc2O)C1. The molecule has 1 heterocycles. The molecule has 1 aromatic rings. The van der Waals surface area contributed by atoms with Gasteiger partial charge in [-0.1, -0.05) is 25.1 Å². The number of hydrogen-bond donors (Lipinski definition) is 1. The zero-order valence-electron chi connectivity index (χ0n) is 12.5. The largest absolute Gasteiger partial charge is 0.508 e. The summed E-state index contributed by atoms with van der Waals surface area (Å²) in [5, 5.41) is 9.91. The van der Waals surface area contributed by atoms with E-state index in [4.69, 9.17) is 0 Å². The third-order valence-electron chi connectivity index (χ3n) is 4.20. The van der Waals surface area contributed by atoms with Crippen molar-refractivity contribution in [2.45, 2.75) is 32.7 Å². The van der Waals surface area contributed by atoms with Crippen molar-refractivity contribution in [2.75, 3.05) is 20.1 Å². The number of carbonyl (C=O) groups is 1. The van der Waals surface area contributed by atoms with Crippen LogP contribution in [0.2, 0.25) is 0 Å². The summed E-state index contributed by atoms with van der Waals surface area (Å²) in [6.45, 7) is 5.80. The molecule has 4 heteroatoms. The zero-order valence-corrected chi connectivity index (χ0v) is 12.5. The van der Waals surface area contributed by atoms with E-state index in [1.807, 2.05) is 24.0 Å². The Bertz CT molecular complexity index is 475. The number of aromatic hydroxyl groups is 1. The first kappa shape index (κ1) is 14.7. The highest BCUT2D eigenvalue weighted by atomic mass is 16.3. The van der Waals surface area contributed by atoms with Gasteiger partial charge in [0.2, 0.25) is 0 Å². The van der Waals surface area contributed by atoms with E-state index in [9.17, 15) is 9.90 Å². The van der Waals surface area contributed by atoms with Crippen LogP contribution in [0, 0.1) is 5.92 Å². The fourth-order valence-corrected chi connectivity index (χ4v) is 2.80. The minimum Gasteiger partial charge on any atom is -0.508 e. The second-order valence-electron chi connectivity index (χ2n) is 5.82. The molecule has 0 aromatic heterocycles. The molecule has 1 N–H and O–H groups in total. The highest BCUT2D eigenvalue weighted by Crippen LogP contribution is 2.28. The number of nitrogens with zero attached hydrogens (tertiary/aromatic N) is 2. The van der Waals surface area contributed by atoms with Crippen LogP contribution in [0.1, 0.15) is 38.3 Å². The van der Waals surface area contributed by atoms with Gasteiger partial charge in [0, 0.05) is 25.7 Å². The summed E-state index contributed by atoms with van der Waals surface area (Å²) in [4.78, 5) is 16.2. The van der Waals surface area contributed by atoms with Crippen LogP contribution in [0.4, 0.5) is 4.79 Å².